The summed E-state index contributed by atoms with van der Waals surface area (Å²) in [4.78, 5) is 23.0. The molecule has 0 saturated heterocycles. The number of aromatic carboxylic acids is 1. The third-order valence-electron chi connectivity index (χ3n) is 3.27. The lowest BCUT2D eigenvalue weighted by atomic mass is 10.1. The first kappa shape index (κ1) is 18.3. The number of ether oxygens (including phenoxy) is 1. The Morgan fingerprint density at radius 2 is 1.81 bits per heavy atom. The molecule has 0 aliphatic rings. The van der Waals surface area contributed by atoms with E-state index in [1.54, 1.807) is 24.3 Å². The molecule has 0 radical (unpaired) electrons. The van der Waals surface area contributed by atoms with Gasteiger partial charge in [0.05, 0.1) is 5.56 Å². The molecule has 128 valence electrons. The molecular formula is C20H14N2O4. The Labute approximate surface area is 150 Å². The Bertz CT molecular complexity index is 914. The first-order valence-corrected chi connectivity index (χ1v) is 7.46. The molecule has 0 bridgehead atoms. The van der Waals surface area contributed by atoms with E-state index in [9.17, 15) is 14.9 Å². The topological polar surface area (TPSA) is 99.4 Å². The lowest BCUT2D eigenvalue weighted by Crippen LogP contribution is -2.13. The number of carbonyl (C=O) groups is 2. The van der Waals surface area contributed by atoms with E-state index in [1.807, 2.05) is 6.07 Å². The van der Waals surface area contributed by atoms with Crippen molar-refractivity contribution >= 4 is 23.6 Å². The molecule has 2 N–H and O–H groups in total. The van der Waals surface area contributed by atoms with E-state index in [0.717, 1.165) is 0 Å². The largest absolute Gasteiger partial charge is 0.481 e. The van der Waals surface area contributed by atoms with Crippen LogP contribution in [0.1, 0.15) is 15.9 Å². The van der Waals surface area contributed by atoms with Crippen LogP contribution in [0.3, 0.4) is 0 Å². The Hall–Kier alpha value is -4.03. The molecule has 2 aromatic rings. The highest BCUT2D eigenvalue weighted by Crippen LogP contribution is 2.16. The van der Waals surface area contributed by atoms with Crippen LogP contribution in [-0.4, -0.2) is 23.6 Å². The molecule has 0 fully saturated rings. The van der Waals surface area contributed by atoms with Gasteiger partial charge in [0.2, 0.25) is 0 Å². The van der Waals surface area contributed by atoms with E-state index in [0.29, 0.717) is 17.0 Å². The fraction of sp³-hybridized carbons (Fsp3) is 0.0500. The minimum Gasteiger partial charge on any atom is -0.481 e. The van der Waals surface area contributed by atoms with Crippen molar-refractivity contribution in [2.24, 2.45) is 0 Å². The average Bonchev–Trinajstić information content (AvgIpc) is 2.65. The first-order chi connectivity index (χ1) is 12.5. The minimum absolute atomic E-state index is 0.0930. The number of carboxylic acids is 1. The molecule has 0 saturated carbocycles. The smallest absolute Gasteiger partial charge is 0.335 e. The molecule has 26 heavy (non-hydrogen) atoms. The maximum absolute atomic E-state index is 12.2. The molecule has 6 nitrogen and oxygen atoms in total. The van der Waals surface area contributed by atoms with Crippen molar-refractivity contribution in [3.63, 3.8) is 0 Å². The molecule has 0 atom stereocenters. The zero-order valence-corrected chi connectivity index (χ0v) is 13.6. The summed E-state index contributed by atoms with van der Waals surface area (Å²) in [6.45, 7) is 0.154. The van der Waals surface area contributed by atoms with Gasteiger partial charge in [0.25, 0.3) is 5.91 Å². The summed E-state index contributed by atoms with van der Waals surface area (Å²) in [7, 11) is 0. The standard InChI is InChI=1S/C20H14N2O4/c1-2-11-26-18-9-3-14(4-10-18)12-16(13-21)19(23)22-17-7-5-15(6-8-17)20(24)25/h1,3-10,12H,11H2,(H,22,23)(H,24,25)/b16-12-. The fourth-order valence-electron chi connectivity index (χ4n) is 2.00. The third kappa shape index (κ3) is 4.98. The van der Waals surface area contributed by atoms with Gasteiger partial charge in [-0.05, 0) is 48.0 Å². The highest BCUT2D eigenvalue weighted by molar-refractivity contribution is 6.09. The highest BCUT2D eigenvalue weighted by atomic mass is 16.5. The van der Waals surface area contributed by atoms with Crippen LogP contribution in [0.5, 0.6) is 5.75 Å². The summed E-state index contributed by atoms with van der Waals surface area (Å²) in [5.74, 6) is 1.29. The number of hydrogen-bond acceptors (Lipinski definition) is 4. The van der Waals surface area contributed by atoms with Crippen molar-refractivity contribution in [1.29, 1.82) is 5.26 Å². The molecule has 0 aliphatic carbocycles. The van der Waals surface area contributed by atoms with Gasteiger partial charge in [-0.15, -0.1) is 6.42 Å². The second kappa shape index (κ2) is 8.72. The molecule has 0 spiro atoms. The lowest BCUT2D eigenvalue weighted by molar-refractivity contribution is -0.112. The molecule has 2 aromatic carbocycles. The average molecular weight is 346 g/mol. The predicted molar refractivity (Wildman–Crippen MR) is 96.4 cm³/mol. The summed E-state index contributed by atoms with van der Waals surface area (Å²) >= 11 is 0. The SMILES string of the molecule is C#CCOc1ccc(/C=C(/C#N)C(=O)Nc2ccc(C(=O)O)cc2)cc1. The van der Waals surface area contributed by atoms with E-state index in [2.05, 4.69) is 11.2 Å². The van der Waals surface area contributed by atoms with Gasteiger partial charge < -0.3 is 15.2 Å². The van der Waals surface area contributed by atoms with Crippen molar-refractivity contribution in [3.05, 3.63) is 65.2 Å². The van der Waals surface area contributed by atoms with Gasteiger partial charge in [0.15, 0.2) is 0 Å². The number of carbonyl (C=O) groups excluding carboxylic acids is 1. The molecule has 1 amide bonds. The van der Waals surface area contributed by atoms with Crippen molar-refractivity contribution in [2.75, 3.05) is 11.9 Å². The van der Waals surface area contributed by atoms with Crippen LogP contribution in [0.15, 0.2) is 54.1 Å². The molecule has 0 heterocycles. The zero-order chi connectivity index (χ0) is 18.9. The number of carboxylic acid groups (broad SMARTS) is 1. The van der Waals surface area contributed by atoms with Gasteiger partial charge in [-0.3, -0.25) is 4.79 Å². The van der Waals surface area contributed by atoms with Crippen molar-refractivity contribution in [1.82, 2.24) is 0 Å². The number of nitriles is 1. The van der Waals surface area contributed by atoms with Crippen LogP contribution in [0, 0.1) is 23.7 Å². The summed E-state index contributed by atoms with van der Waals surface area (Å²) in [6.07, 6.45) is 6.55. The fourth-order valence-corrected chi connectivity index (χ4v) is 2.00. The van der Waals surface area contributed by atoms with E-state index in [4.69, 9.17) is 16.3 Å². The van der Waals surface area contributed by atoms with E-state index in [-0.39, 0.29) is 17.7 Å². The maximum atomic E-state index is 12.2. The van der Waals surface area contributed by atoms with Gasteiger partial charge >= 0.3 is 5.97 Å². The van der Waals surface area contributed by atoms with Crippen molar-refractivity contribution in [3.8, 4) is 24.2 Å². The Morgan fingerprint density at radius 1 is 1.15 bits per heavy atom. The Balaban J connectivity index is 2.10. The summed E-state index contributed by atoms with van der Waals surface area (Å²) in [5, 5.41) is 20.6. The van der Waals surface area contributed by atoms with Crippen LogP contribution in [0.2, 0.25) is 0 Å². The molecule has 6 heteroatoms. The third-order valence-corrected chi connectivity index (χ3v) is 3.27. The van der Waals surface area contributed by atoms with Crippen LogP contribution in [0.25, 0.3) is 6.08 Å². The molecule has 0 aliphatic heterocycles. The predicted octanol–water partition coefficient (Wildman–Crippen LogP) is 2.94. The van der Waals surface area contributed by atoms with Crippen LogP contribution < -0.4 is 10.1 Å². The number of benzene rings is 2. The van der Waals surface area contributed by atoms with E-state index < -0.39 is 11.9 Å². The summed E-state index contributed by atoms with van der Waals surface area (Å²) in [6, 6.07) is 14.2. The Morgan fingerprint density at radius 3 is 2.35 bits per heavy atom. The molecular weight excluding hydrogens is 332 g/mol. The number of hydrogen-bond donors (Lipinski definition) is 2. The maximum Gasteiger partial charge on any atom is 0.335 e. The monoisotopic (exact) mass is 346 g/mol. The normalized spacial score (nSPS) is 10.3. The minimum atomic E-state index is -1.06. The first-order valence-electron chi connectivity index (χ1n) is 7.46. The molecule has 2 rings (SSSR count). The number of anilines is 1. The number of terminal acetylenes is 1. The van der Waals surface area contributed by atoms with Gasteiger partial charge in [-0.1, -0.05) is 18.1 Å². The van der Waals surface area contributed by atoms with Gasteiger partial charge in [-0.2, -0.15) is 5.26 Å². The number of amides is 1. The highest BCUT2D eigenvalue weighted by Gasteiger charge is 2.10. The second-order valence-electron chi connectivity index (χ2n) is 5.07. The quantitative estimate of drug-likeness (QED) is 0.476. The van der Waals surface area contributed by atoms with E-state index in [1.165, 1.54) is 30.3 Å². The zero-order valence-electron chi connectivity index (χ0n) is 13.6. The number of nitrogens with one attached hydrogen (secondary N) is 1. The van der Waals surface area contributed by atoms with Gasteiger partial charge in [0.1, 0.15) is 24.0 Å². The lowest BCUT2D eigenvalue weighted by Gasteiger charge is -2.05. The summed E-state index contributed by atoms with van der Waals surface area (Å²) in [5.41, 5.74) is 1.04. The van der Waals surface area contributed by atoms with Gasteiger partial charge in [-0.25, -0.2) is 4.79 Å². The van der Waals surface area contributed by atoms with Gasteiger partial charge in [0, 0.05) is 5.69 Å². The number of nitrogens with zero attached hydrogens (tertiary/aromatic N) is 1. The van der Waals surface area contributed by atoms with E-state index >= 15 is 0 Å². The van der Waals surface area contributed by atoms with Crippen LogP contribution in [-0.2, 0) is 4.79 Å². The summed E-state index contributed by atoms with van der Waals surface area (Å²) < 4.78 is 5.25. The molecule has 0 aromatic heterocycles. The number of rotatable bonds is 6. The molecule has 0 unspecified atom stereocenters. The second-order valence-corrected chi connectivity index (χ2v) is 5.07. The Kier molecular flexibility index (Phi) is 6.14. The van der Waals surface area contributed by atoms with Crippen molar-refractivity contribution < 1.29 is 19.4 Å². The van der Waals surface area contributed by atoms with Crippen LogP contribution >= 0.6 is 0 Å². The van der Waals surface area contributed by atoms with Crippen LogP contribution in [0.4, 0.5) is 5.69 Å². The van der Waals surface area contributed by atoms with Crippen molar-refractivity contribution in [2.45, 2.75) is 0 Å².